The maximum atomic E-state index is 9.71. The molecule has 0 aliphatic rings. The van der Waals surface area contributed by atoms with Crippen molar-refractivity contribution < 1.29 is 5.11 Å². The molecule has 15 heavy (non-hydrogen) atoms. The minimum atomic E-state index is 0.364. The maximum Gasteiger partial charge on any atom is 0.138 e. The molecule has 0 fully saturated rings. The highest BCUT2D eigenvalue weighted by atomic mass is 16.3. The van der Waals surface area contributed by atoms with Crippen LogP contribution in [-0.2, 0) is 0 Å². The lowest BCUT2D eigenvalue weighted by atomic mass is 10.1. The van der Waals surface area contributed by atoms with E-state index in [0.717, 1.165) is 5.69 Å². The van der Waals surface area contributed by atoms with Crippen LogP contribution < -0.4 is 4.90 Å². The van der Waals surface area contributed by atoms with Crippen molar-refractivity contribution in [2.45, 2.75) is 39.2 Å². The average molecular weight is 207 g/mol. The third-order valence-corrected chi connectivity index (χ3v) is 2.90. The Balaban J connectivity index is 2.67. The SMILES string of the molecule is CCCCC(C)N(C)c1ccccc1O. The van der Waals surface area contributed by atoms with Crippen molar-refractivity contribution in [1.29, 1.82) is 0 Å². The highest BCUT2D eigenvalue weighted by Gasteiger charge is 2.11. The monoisotopic (exact) mass is 207 g/mol. The highest BCUT2D eigenvalue weighted by molar-refractivity contribution is 5.57. The molecule has 1 unspecified atom stereocenters. The van der Waals surface area contributed by atoms with E-state index in [4.69, 9.17) is 0 Å². The average Bonchev–Trinajstić information content (AvgIpc) is 2.25. The Morgan fingerprint density at radius 3 is 2.60 bits per heavy atom. The van der Waals surface area contributed by atoms with E-state index in [1.807, 2.05) is 25.2 Å². The third-order valence-electron chi connectivity index (χ3n) is 2.90. The van der Waals surface area contributed by atoms with Crippen molar-refractivity contribution in [3.05, 3.63) is 24.3 Å². The predicted molar refractivity (Wildman–Crippen MR) is 65.5 cm³/mol. The van der Waals surface area contributed by atoms with Crippen molar-refractivity contribution in [2.75, 3.05) is 11.9 Å². The van der Waals surface area contributed by atoms with Crippen LogP contribution in [0.1, 0.15) is 33.1 Å². The van der Waals surface area contributed by atoms with Gasteiger partial charge in [-0.1, -0.05) is 31.9 Å². The van der Waals surface area contributed by atoms with Gasteiger partial charge in [0.05, 0.1) is 5.69 Å². The van der Waals surface area contributed by atoms with E-state index < -0.39 is 0 Å². The van der Waals surface area contributed by atoms with Crippen molar-refractivity contribution in [3.63, 3.8) is 0 Å². The van der Waals surface area contributed by atoms with E-state index in [1.54, 1.807) is 6.07 Å². The zero-order chi connectivity index (χ0) is 11.3. The largest absolute Gasteiger partial charge is 0.506 e. The summed E-state index contributed by atoms with van der Waals surface area (Å²) in [5.74, 6) is 0.364. The topological polar surface area (TPSA) is 23.5 Å². The molecule has 2 heteroatoms. The number of anilines is 1. The Bertz CT molecular complexity index is 298. The second kappa shape index (κ2) is 5.64. The minimum Gasteiger partial charge on any atom is -0.506 e. The Hall–Kier alpha value is -1.18. The molecule has 0 aliphatic carbocycles. The number of phenolic OH excluding ortho intramolecular Hbond substituents is 1. The molecule has 1 aromatic carbocycles. The lowest BCUT2D eigenvalue weighted by Gasteiger charge is -2.27. The molecule has 0 bridgehead atoms. The van der Waals surface area contributed by atoms with E-state index >= 15 is 0 Å². The van der Waals surface area contributed by atoms with Crippen molar-refractivity contribution in [3.8, 4) is 5.75 Å². The standard InChI is InChI=1S/C13H21NO/c1-4-5-8-11(2)14(3)12-9-6-7-10-13(12)15/h6-7,9-11,15H,4-5,8H2,1-3H3. The minimum absolute atomic E-state index is 0.364. The fraction of sp³-hybridized carbons (Fsp3) is 0.538. The van der Waals surface area contributed by atoms with E-state index in [1.165, 1.54) is 19.3 Å². The van der Waals surface area contributed by atoms with Gasteiger partial charge in [0.25, 0.3) is 0 Å². The van der Waals surface area contributed by atoms with Crippen LogP contribution in [0.3, 0.4) is 0 Å². The molecule has 0 spiro atoms. The van der Waals surface area contributed by atoms with Crippen LogP contribution in [-0.4, -0.2) is 18.2 Å². The summed E-state index contributed by atoms with van der Waals surface area (Å²) < 4.78 is 0. The van der Waals surface area contributed by atoms with Gasteiger partial charge in [-0.05, 0) is 25.5 Å². The van der Waals surface area contributed by atoms with Crippen LogP contribution in [0.25, 0.3) is 0 Å². The first-order valence-corrected chi connectivity index (χ1v) is 5.67. The summed E-state index contributed by atoms with van der Waals surface area (Å²) in [6, 6.07) is 7.97. The Labute approximate surface area is 92.5 Å². The highest BCUT2D eigenvalue weighted by Crippen LogP contribution is 2.27. The van der Waals surface area contributed by atoms with Gasteiger partial charge in [0.2, 0.25) is 0 Å². The molecular formula is C13H21NO. The van der Waals surface area contributed by atoms with Crippen molar-refractivity contribution in [2.24, 2.45) is 0 Å². The summed E-state index contributed by atoms with van der Waals surface area (Å²) in [4.78, 5) is 2.14. The first kappa shape index (κ1) is 11.9. The molecule has 0 saturated carbocycles. The van der Waals surface area contributed by atoms with Crippen LogP contribution in [0, 0.1) is 0 Å². The molecule has 0 amide bonds. The summed E-state index contributed by atoms with van der Waals surface area (Å²) in [7, 11) is 2.04. The molecule has 0 aromatic heterocycles. The van der Waals surface area contributed by atoms with Gasteiger partial charge in [0.1, 0.15) is 5.75 Å². The van der Waals surface area contributed by atoms with E-state index in [0.29, 0.717) is 11.8 Å². The molecule has 1 aromatic rings. The smallest absolute Gasteiger partial charge is 0.138 e. The number of aromatic hydroxyl groups is 1. The fourth-order valence-electron chi connectivity index (χ4n) is 1.69. The number of rotatable bonds is 5. The van der Waals surface area contributed by atoms with Crippen LogP contribution in [0.5, 0.6) is 5.75 Å². The van der Waals surface area contributed by atoms with E-state index in [9.17, 15) is 5.11 Å². The third kappa shape index (κ3) is 3.15. The van der Waals surface area contributed by atoms with Gasteiger partial charge in [-0.2, -0.15) is 0 Å². The lowest BCUT2D eigenvalue weighted by molar-refractivity contribution is 0.471. The second-order valence-corrected chi connectivity index (χ2v) is 4.09. The Morgan fingerprint density at radius 2 is 2.00 bits per heavy atom. The molecular weight excluding hydrogens is 186 g/mol. The summed E-state index contributed by atoms with van der Waals surface area (Å²) >= 11 is 0. The molecule has 1 atom stereocenters. The summed E-state index contributed by atoms with van der Waals surface area (Å²) in [5.41, 5.74) is 0.918. The zero-order valence-electron chi connectivity index (χ0n) is 9.90. The Morgan fingerprint density at radius 1 is 1.33 bits per heavy atom. The molecule has 0 radical (unpaired) electrons. The summed E-state index contributed by atoms with van der Waals surface area (Å²) in [6.45, 7) is 4.40. The molecule has 0 saturated heterocycles. The zero-order valence-corrected chi connectivity index (χ0v) is 9.90. The lowest BCUT2D eigenvalue weighted by Crippen LogP contribution is -2.28. The molecule has 1 rings (SSSR count). The molecule has 0 aliphatic heterocycles. The molecule has 0 heterocycles. The van der Waals surface area contributed by atoms with Gasteiger partial charge in [-0.15, -0.1) is 0 Å². The number of benzene rings is 1. The number of nitrogens with zero attached hydrogens (tertiary/aromatic N) is 1. The summed E-state index contributed by atoms with van der Waals surface area (Å²) in [6.07, 6.45) is 3.62. The van der Waals surface area contributed by atoms with Crippen LogP contribution in [0.2, 0.25) is 0 Å². The molecule has 2 nitrogen and oxygen atoms in total. The number of hydrogen-bond acceptors (Lipinski definition) is 2. The van der Waals surface area contributed by atoms with Gasteiger partial charge in [0.15, 0.2) is 0 Å². The number of phenols is 1. The number of hydrogen-bond donors (Lipinski definition) is 1. The van der Waals surface area contributed by atoms with E-state index in [2.05, 4.69) is 18.7 Å². The van der Waals surface area contributed by atoms with Gasteiger partial charge in [-0.25, -0.2) is 0 Å². The van der Waals surface area contributed by atoms with Gasteiger partial charge < -0.3 is 10.0 Å². The second-order valence-electron chi connectivity index (χ2n) is 4.09. The number of para-hydroxylation sites is 2. The molecule has 84 valence electrons. The summed E-state index contributed by atoms with van der Waals surface area (Å²) in [5, 5.41) is 9.71. The van der Waals surface area contributed by atoms with Crippen LogP contribution >= 0.6 is 0 Å². The van der Waals surface area contributed by atoms with Crippen molar-refractivity contribution in [1.82, 2.24) is 0 Å². The van der Waals surface area contributed by atoms with Crippen molar-refractivity contribution >= 4 is 5.69 Å². The number of unbranched alkanes of at least 4 members (excludes halogenated alkanes) is 1. The normalized spacial score (nSPS) is 12.5. The molecule has 1 N–H and O–H groups in total. The Kier molecular flexibility index (Phi) is 4.47. The van der Waals surface area contributed by atoms with Crippen LogP contribution in [0.4, 0.5) is 5.69 Å². The predicted octanol–water partition coefficient (Wildman–Crippen LogP) is 3.41. The van der Waals surface area contributed by atoms with Gasteiger partial charge in [0, 0.05) is 13.1 Å². The van der Waals surface area contributed by atoms with Gasteiger partial charge in [-0.3, -0.25) is 0 Å². The van der Waals surface area contributed by atoms with Crippen LogP contribution in [0.15, 0.2) is 24.3 Å². The van der Waals surface area contributed by atoms with Gasteiger partial charge >= 0.3 is 0 Å². The van der Waals surface area contributed by atoms with E-state index in [-0.39, 0.29) is 0 Å². The quantitative estimate of drug-likeness (QED) is 0.799. The first-order valence-electron chi connectivity index (χ1n) is 5.67. The fourth-order valence-corrected chi connectivity index (χ4v) is 1.69. The maximum absolute atomic E-state index is 9.71. The first-order chi connectivity index (χ1) is 7.16.